The fourth-order valence-electron chi connectivity index (χ4n) is 2.16. The normalized spacial score (nSPS) is 13.4. The largest absolute Gasteiger partial charge is 0.482 e. The Kier molecular flexibility index (Phi) is 3.51. The summed E-state index contributed by atoms with van der Waals surface area (Å²) < 4.78 is 5.31. The number of nitrogens with one attached hydrogen (secondary N) is 1. The number of fused-ring (bicyclic) bond motifs is 1. The first-order chi connectivity index (χ1) is 10.3. The molecule has 2 aromatic carbocycles. The molecule has 4 heteroatoms. The molecule has 0 radical (unpaired) electrons. The Morgan fingerprint density at radius 3 is 2.67 bits per heavy atom. The first-order valence-electron chi connectivity index (χ1n) is 6.55. The molecule has 0 aromatic heterocycles. The Labute approximate surface area is 122 Å². The standard InChI is InChI=1S/C17H13NO3/c19-10-14-4-2-1-3-13(14)7-5-12-6-8-16-15(9-12)18-17(20)11-21-16/h1-10H,11H2,(H,18,20). The summed E-state index contributed by atoms with van der Waals surface area (Å²) in [6.45, 7) is 0.0505. The molecule has 0 spiro atoms. The highest BCUT2D eigenvalue weighted by Gasteiger charge is 2.15. The highest BCUT2D eigenvalue weighted by Crippen LogP contribution is 2.29. The molecule has 21 heavy (non-hydrogen) atoms. The van der Waals surface area contributed by atoms with Crippen LogP contribution in [0.5, 0.6) is 5.75 Å². The molecule has 1 amide bonds. The van der Waals surface area contributed by atoms with Crippen molar-refractivity contribution in [2.24, 2.45) is 0 Å². The maximum absolute atomic E-state index is 11.3. The number of hydrogen-bond acceptors (Lipinski definition) is 3. The van der Waals surface area contributed by atoms with Crippen LogP contribution in [0.1, 0.15) is 21.5 Å². The van der Waals surface area contributed by atoms with Gasteiger partial charge in [-0.1, -0.05) is 42.5 Å². The second-order valence-corrected chi connectivity index (χ2v) is 4.67. The molecule has 0 saturated heterocycles. The van der Waals surface area contributed by atoms with Crippen molar-refractivity contribution in [2.45, 2.75) is 0 Å². The Morgan fingerprint density at radius 1 is 1.05 bits per heavy atom. The maximum atomic E-state index is 11.3. The third-order valence-electron chi connectivity index (χ3n) is 3.21. The highest BCUT2D eigenvalue weighted by atomic mass is 16.5. The van der Waals surface area contributed by atoms with Crippen molar-refractivity contribution >= 4 is 30.0 Å². The zero-order valence-electron chi connectivity index (χ0n) is 11.2. The number of amides is 1. The molecule has 1 aliphatic heterocycles. The van der Waals surface area contributed by atoms with E-state index in [1.165, 1.54) is 0 Å². The summed E-state index contributed by atoms with van der Waals surface area (Å²) in [6.07, 6.45) is 4.60. The first kappa shape index (κ1) is 13.1. The number of carbonyl (C=O) groups excluding carboxylic acids is 2. The van der Waals surface area contributed by atoms with Gasteiger partial charge in [0.15, 0.2) is 12.9 Å². The van der Waals surface area contributed by atoms with E-state index in [1.807, 2.05) is 48.6 Å². The van der Waals surface area contributed by atoms with Crippen molar-refractivity contribution in [1.82, 2.24) is 0 Å². The van der Waals surface area contributed by atoms with Gasteiger partial charge in [0.2, 0.25) is 0 Å². The topological polar surface area (TPSA) is 55.4 Å². The minimum atomic E-state index is -0.157. The SMILES string of the molecule is O=Cc1ccccc1C=Cc1ccc2c(c1)NC(=O)CO2. The molecule has 0 aliphatic carbocycles. The molecule has 3 rings (SSSR count). The smallest absolute Gasteiger partial charge is 0.262 e. The van der Waals surface area contributed by atoms with Gasteiger partial charge in [0.25, 0.3) is 5.91 Å². The van der Waals surface area contributed by atoms with Crippen molar-refractivity contribution in [3.8, 4) is 5.75 Å². The van der Waals surface area contributed by atoms with E-state index in [2.05, 4.69) is 5.32 Å². The van der Waals surface area contributed by atoms with E-state index < -0.39 is 0 Å². The third kappa shape index (κ3) is 2.84. The second kappa shape index (κ2) is 5.63. The molecule has 0 atom stereocenters. The monoisotopic (exact) mass is 279 g/mol. The number of anilines is 1. The lowest BCUT2D eigenvalue weighted by Crippen LogP contribution is -2.25. The van der Waals surface area contributed by atoms with Gasteiger partial charge in [0.1, 0.15) is 5.75 Å². The molecule has 1 aliphatic rings. The van der Waals surface area contributed by atoms with Gasteiger partial charge in [-0.05, 0) is 23.3 Å². The molecule has 1 N–H and O–H groups in total. The van der Waals surface area contributed by atoms with Gasteiger partial charge < -0.3 is 10.1 Å². The lowest BCUT2D eigenvalue weighted by Gasteiger charge is -2.17. The zero-order valence-corrected chi connectivity index (χ0v) is 11.2. The van der Waals surface area contributed by atoms with E-state index >= 15 is 0 Å². The molecule has 0 bridgehead atoms. The molecule has 2 aromatic rings. The lowest BCUT2D eigenvalue weighted by molar-refractivity contribution is -0.118. The Bertz CT molecular complexity index is 735. The van der Waals surface area contributed by atoms with Crippen molar-refractivity contribution < 1.29 is 14.3 Å². The van der Waals surface area contributed by atoms with Crippen molar-refractivity contribution in [1.29, 1.82) is 0 Å². The predicted octanol–water partition coefficient (Wildman–Crippen LogP) is 3.00. The minimum absolute atomic E-state index is 0.0505. The van der Waals surface area contributed by atoms with Crippen LogP contribution in [-0.4, -0.2) is 18.8 Å². The summed E-state index contributed by atoms with van der Waals surface area (Å²) in [5.74, 6) is 0.509. The van der Waals surface area contributed by atoms with E-state index in [9.17, 15) is 9.59 Å². The molecular weight excluding hydrogens is 266 g/mol. The van der Waals surface area contributed by atoms with Crippen molar-refractivity contribution in [3.63, 3.8) is 0 Å². The average Bonchev–Trinajstić information content (AvgIpc) is 2.52. The fraction of sp³-hybridized carbons (Fsp3) is 0.0588. The van der Waals surface area contributed by atoms with Crippen LogP contribution in [-0.2, 0) is 4.79 Å². The second-order valence-electron chi connectivity index (χ2n) is 4.67. The van der Waals surface area contributed by atoms with Crippen LogP contribution in [0.25, 0.3) is 12.2 Å². The number of rotatable bonds is 3. The molecule has 1 heterocycles. The number of aldehydes is 1. The van der Waals surface area contributed by atoms with Crippen LogP contribution in [0.2, 0.25) is 0 Å². The van der Waals surface area contributed by atoms with E-state index in [-0.39, 0.29) is 12.5 Å². The Balaban J connectivity index is 1.88. The molecule has 104 valence electrons. The summed E-state index contributed by atoms with van der Waals surface area (Å²) >= 11 is 0. The molecule has 0 saturated carbocycles. The number of carbonyl (C=O) groups is 2. The summed E-state index contributed by atoms with van der Waals surface area (Å²) in [5.41, 5.74) is 3.08. The molecule has 4 nitrogen and oxygen atoms in total. The predicted molar refractivity (Wildman–Crippen MR) is 81.3 cm³/mol. The number of hydrogen-bond donors (Lipinski definition) is 1. The number of ether oxygens (including phenoxy) is 1. The van der Waals surface area contributed by atoms with Crippen LogP contribution in [0.4, 0.5) is 5.69 Å². The summed E-state index contributed by atoms with van der Waals surface area (Å²) in [6, 6.07) is 12.9. The van der Waals surface area contributed by atoms with E-state index in [1.54, 1.807) is 6.07 Å². The highest BCUT2D eigenvalue weighted by molar-refractivity contribution is 5.96. The fourth-order valence-corrected chi connectivity index (χ4v) is 2.16. The van der Waals surface area contributed by atoms with Gasteiger partial charge in [-0.2, -0.15) is 0 Å². The van der Waals surface area contributed by atoms with Crippen LogP contribution < -0.4 is 10.1 Å². The van der Waals surface area contributed by atoms with Gasteiger partial charge in [-0.15, -0.1) is 0 Å². The first-order valence-corrected chi connectivity index (χ1v) is 6.55. The van der Waals surface area contributed by atoms with Crippen molar-refractivity contribution in [3.05, 3.63) is 59.2 Å². The Hall–Kier alpha value is -2.88. The van der Waals surface area contributed by atoms with E-state index in [0.29, 0.717) is 17.0 Å². The van der Waals surface area contributed by atoms with Crippen LogP contribution >= 0.6 is 0 Å². The van der Waals surface area contributed by atoms with E-state index in [4.69, 9.17) is 4.74 Å². The molecular formula is C17H13NO3. The van der Waals surface area contributed by atoms with Gasteiger partial charge in [-0.25, -0.2) is 0 Å². The molecule has 0 fully saturated rings. The zero-order chi connectivity index (χ0) is 14.7. The molecule has 0 unspecified atom stereocenters. The summed E-state index contributed by atoms with van der Waals surface area (Å²) in [5, 5.41) is 2.77. The minimum Gasteiger partial charge on any atom is -0.482 e. The van der Waals surface area contributed by atoms with Gasteiger partial charge in [0, 0.05) is 5.56 Å². The van der Waals surface area contributed by atoms with Gasteiger partial charge >= 0.3 is 0 Å². The van der Waals surface area contributed by atoms with E-state index in [0.717, 1.165) is 17.4 Å². The third-order valence-corrected chi connectivity index (χ3v) is 3.21. The maximum Gasteiger partial charge on any atom is 0.262 e. The summed E-state index contributed by atoms with van der Waals surface area (Å²) in [4.78, 5) is 22.3. The van der Waals surface area contributed by atoms with Crippen LogP contribution in [0, 0.1) is 0 Å². The lowest BCUT2D eigenvalue weighted by atomic mass is 10.1. The quantitative estimate of drug-likeness (QED) is 0.694. The van der Waals surface area contributed by atoms with Crippen LogP contribution in [0.15, 0.2) is 42.5 Å². The Morgan fingerprint density at radius 2 is 1.86 bits per heavy atom. The van der Waals surface area contributed by atoms with Crippen molar-refractivity contribution in [2.75, 3.05) is 11.9 Å². The van der Waals surface area contributed by atoms with Gasteiger partial charge in [0.05, 0.1) is 5.69 Å². The van der Waals surface area contributed by atoms with Crippen LogP contribution in [0.3, 0.4) is 0 Å². The average molecular weight is 279 g/mol. The number of benzene rings is 2. The summed E-state index contributed by atoms with van der Waals surface area (Å²) in [7, 11) is 0. The van der Waals surface area contributed by atoms with Gasteiger partial charge in [-0.3, -0.25) is 9.59 Å².